The largest absolute Gasteiger partial charge is 0.469 e. The van der Waals surface area contributed by atoms with Crippen molar-refractivity contribution in [2.75, 3.05) is 27.4 Å². The summed E-state index contributed by atoms with van der Waals surface area (Å²) < 4.78 is 18.5. The third-order valence-electron chi connectivity index (χ3n) is 15.5. The minimum atomic E-state index is -1.88. The highest BCUT2D eigenvalue weighted by Crippen LogP contribution is 2.76. The Balaban J connectivity index is 1.56. The van der Waals surface area contributed by atoms with Gasteiger partial charge in [0.25, 0.3) is 0 Å². The van der Waals surface area contributed by atoms with Gasteiger partial charge in [0.05, 0.1) is 19.1 Å². The second-order valence-electron chi connectivity index (χ2n) is 18.2. The molecule has 0 N–H and O–H groups in total. The predicted octanol–water partition coefficient (Wildman–Crippen LogP) is 9.61. The number of allylic oxidation sites excluding steroid dienone is 2. The van der Waals surface area contributed by atoms with Crippen LogP contribution < -0.4 is 0 Å². The van der Waals surface area contributed by atoms with Crippen molar-refractivity contribution < 1.29 is 18.7 Å². The summed E-state index contributed by atoms with van der Waals surface area (Å²) in [5.41, 5.74) is 3.03. The molecule has 5 unspecified atom stereocenters. The van der Waals surface area contributed by atoms with Crippen LogP contribution >= 0.6 is 0 Å². The number of hydrogen-bond donors (Lipinski definition) is 0. The molecule has 5 aliphatic carbocycles. The van der Waals surface area contributed by atoms with Crippen LogP contribution in [0.15, 0.2) is 23.3 Å². The predicted molar refractivity (Wildman–Crippen MR) is 179 cm³/mol. The van der Waals surface area contributed by atoms with E-state index in [9.17, 15) is 4.79 Å². The van der Waals surface area contributed by atoms with Gasteiger partial charge < -0.3 is 13.9 Å². The standard InChI is InChI=1S/C38H64O4Si/c1-25-16-19-38(32(39)41-11)21-20-35(7)28(31(38)26(25)2)14-15-30-36(35,8)18-17-29-34(6,22-27(23-40-10)37(29,30)9)24-42-43(12,13)33(3,4)5/h14,22,25-26,29-31H,15-21,23-24H2,1-13H3/t25-,26+,29?,30?,31?,34?,35-,36-,37+,38?/m1/s1. The maximum Gasteiger partial charge on any atom is 0.312 e. The Hall–Kier alpha value is -0.913. The van der Waals surface area contributed by atoms with Gasteiger partial charge in [-0.15, -0.1) is 0 Å². The van der Waals surface area contributed by atoms with Crippen molar-refractivity contribution in [3.8, 4) is 0 Å². The molecule has 5 rings (SSSR count). The van der Waals surface area contributed by atoms with Crippen LogP contribution in [0.25, 0.3) is 0 Å². The molecule has 0 aromatic heterocycles. The van der Waals surface area contributed by atoms with Crippen molar-refractivity contribution in [2.45, 2.75) is 125 Å². The zero-order valence-electron chi connectivity index (χ0n) is 30.0. The summed E-state index contributed by atoms with van der Waals surface area (Å²) in [4.78, 5) is 13.6. The van der Waals surface area contributed by atoms with Gasteiger partial charge in [0.1, 0.15) is 0 Å². The van der Waals surface area contributed by atoms with Crippen LogP contribution in [0.2, 0.25) is 18.1 Å². The summed E-state index contributed by atoms with van der Waals surface area (Å²) >= 11 is 0. The maximum absolute atomic E-state index is 13.6. The van der Waals surface area contributed by atoms with Crippen molar-refractivity contribution in [1.82, 2.24) is 0 Å². The third kappa shape index (κ3) is 4.50. The first-order valence-electron chi connectivity index (χ1n) is 17.4. The van der Waals surface area contributed by atoms with Crippen molar-refractivity contribution in [3.05, 3.63) is 23.3 Å². The molecule has 5 aliphatic rings. The Morgan fingerprint density at radius 2 is 1.65 bits per heavy atom. The molecule has 43 heavy (non-hydrogen) atoms. The van der Waals surface area contributed by atoms with Crippen LogP contribution in [0.4, 0.5) is 0 Å². The van der Waals surface area contributed by atoms with Gasteiger partial charge in [-0.2, -0.15) is 0 Å². The Labute approximate surface area is 265 Å². The molecule has 0 spiro atoms. The average molecular weight is 613 g/mol. The molecular formula is C38H64O4Si. The van der Waals surface area contributed by atoms with Gasteiger partial charge >= 0.3 is 5.97 Å². The number of ether oxygens (including phenoxy) is 2. The third-order valence-corrected chi connectivity index (χ3v) is 20.0. The number of rotatable bonds is 6. The van der Waals surface area contributed by atoms with Crippen molar-refractivity contribution in [2.24, 2.45) is 56.7 Å². The number of carbonyl (C=O) groups is 1. The summed E-state index contributed by atoms with van der Waals surface area (Å²) in [5.74, 6) is 2.50. The average Bonchev–Trinajstić information content (AvgIpc) is 3.15. The van der Waals surface area contributed by atoms with E-state index in [-0.39, 0.29) is 44.0 Å². The second-order valence-corrected chi connectivity index (χ2v) is 23.0. The van der Waals surface area contributed by atoms with E-state index in [4.69, 9.17) is 13.9 Å². The monoisotopic (exact) mass is 612 g/mol. The molecule has 0 bridgehead atoms. The smallest absolute Gasteiger partial charge is 0.312 e. The maximum atomic E-state index is 13.6. The summed E-state index contributed by atoms with van der Waals surface area (Å²) in [7, 11) is 1.59. The molecule has 4 nitrogen and oxygen atoms in total. The SMILES string of the molecule is COCC1=CC(C)(CO[Si](C)(C)C(C)(C)C)C2CC[C@]3(C)C(CC=C4C5[C@@H](C)[C@H](C)CCC5(C(=O)OC)CC[C@]43C)[C@@]12C. The lowest BCUT2D eigenvalue weighted by molar-refractivity contribution is -0.177. The molecule has 5 heteroatoms. The Morgan fingerprint density at radius 1 is 0.977 bits per heavy atom. The minimum Gasteiger partial charge on any atom is -0.469 e. The summed E-state index contributed by atoms with van der Waals surface area (Å²) in [5, 5.41) is 0.197. The van der Waals surface area contributed by atoms with Gasteiger partial charge in [-0.25, -0.2) is 0 Å². The van der Waals surface area contributed by atoms with E-state index in [2.05, 4.69) is 87.6 Å². The molecule has 0 radical (unpaired) electrons. The fourth-order valence-electron chi connectivity index (χ4n) is 11.5. The summed E-state index contributed by atoms with van der Waals surface area (Å²) in [6.45, 7) is 28.5. The first-order valence-corrected chi connectivity index (χ1v) is 20.3. The van der Waals surface area contributed by atoms with Crippen LogP contribution in [-0.4, -0.2) is 41.7 Å². The van der Waals surface area contributed by atoms with Gasteiger partial charge in [0, 0.05) is 19.1 Å². The van der Waals surface area contributed by atoms with Crippen LogP contribution in [0, 0.1) is 56.7 Å². The van der Waals surface area contributed by atoms with E-state index in [0.717, 1.165) is 38.7 Å². The lowest BCUT2D eigenvalue weighted by Gasteiger charge is -2.69. The van der Waals surface area contributed by atoms with Gasteiger partial charge in [-0.1, -0.05) is 80.0 Å². The molecule has 0 heterocycles. The Bertz CT molecular complexity index is 1180. The molecular weight excluding hydrogens is 549 g/mol. The number of esters is 1. The quantitative estimate of drug-likeness (QED) is 0.170. The van der Waals surface area contributed by atoms with Crippen molar-refractivity contribution >= 4 is 14.3 Å². The molecule has 0 amide bonds. The lowest BCUT2D eigenvalue weighted by Crippen LogP contribution is -2.63. The van der Waals surface area contributed by atoms with Crippen molar-refractivity contribution in [1.29, 1.82) is 0 Å². The lowest BCUT2D eigenvalue weighted by atomic mass is 9.35. The molecule has 0 aliphatic heterocycles. The molecule has 0 aromatic rings. The number of hydrogen-bond acceptors (Lipinski definition) is 4. The highest BCUT2D eigenvalue weighted by atomic mass is 28.4. The second kappa shape index (κ2) is 10.6. The van der Waals surface area contributed by atoms with E-state index in [1.165, 1.54) is 18.4 Å². The van der Waals surface area contributed by atoms with Gasteiger partial charge in [-0.05, 0) is 114 Å². The van der Waals surface area contributed by atoms with Gasteiger partial charge in [0.15, 0.2) is 8.32 Å². The van der Waals surface area contributed by atoms with E-state index >= 15 is 0 Å². The first kappa shape index (κ1) is 33.5. The topological polar surface area (TPSA) is 44.8 Å². The van der Waals surface area contributed by atoms with E-state index in [0.29, 0.717) is 30.3 Å². The normalized spacial score (nSPS) is 46.1. The Morgan fingerprint density at radius 3 is 2.26 bits per heavy atom. The van der Waals surface area contributed by atoms with Crippen LogP contribution in [0.5, 0.6) is 0 Å². The fourth-order valence-corrected chi connectivity index (χ4v) is 12.6. The zero-order valence-corrected chi connectivity index (χ0v) is 31.0. The molecule has 10 atom stereocenters. The van der Waals surface area contributed by atoms with Gasteiger partial charge in [0.2, 0.25) is 0 Å². The highest BCUT2D eigenvalue weighted by molar-refractivity contribution is 6.74. The van der Waals surface area contributed by atoms with E-state index in [1.54, 1.807) is 12.7 Å². The fraction of sp³-hybridized carbons (Fsp3) is 0.868. The Kier molecular flexibility index (Phi) is 8.21. The molecule has 0 saturated heterocycles. The van der Waals surface area contributed by atoms with Crippen LogP contribution in [-0.2, 0) is 18.7 Å². The summed E-state index contributed by atoms with van der Waals surface area (Å²) in [6.07, 6.45) is 12.9. The van der Waals surface area contributed by atoms with Crippen LogP contribution in [0.1, 0.15) is 107 Å². The summed E-state index contributed by atoms with van der Waals surface area (Å²) in [6, 6.07) is 0. The molecule has 3 fully saturated rings. The van der Waals surface area contributed by atoms with Gasteiger partial charge in [-0.3, -0.25) is 4.79 Å². The highest BCUT2D eigenvalue weighted by Gasteiger charge is 2.70. The first-order chi connectivity index (χ1) is 19.8. The number of carbonyl (C=O) groups excluding carboxylic acids is 1. The van der Waals surface area contributed by atoms with Crippen molar-refractivity contribution in [3.63, 3.8) is 0 Å². The van der Waals surface area contributed by atoms with Crippen LogP contribution in [0.3, 0.4) is 0 Å². The number of fused-ring (bicyclic) bond motifs is 7. The minimum absolute atomic E-state index is 0.00424. The molecule has 3 saturated carbocycles. The number of methoxy groups -OCH3 is 2. The van der Waals surface area contributed by atoms with E-state index < -0.39 is 8.32 Å². The van der Waals surface area contributed by atoms with E-state index in [1.807, 2.05) is 7.11 Å². The molecule has 0 aromatic carbocycles. The molecule has 244 valence electrons. The zero-order chi connectivity index (χ0) is 32.0.